The predicted octanol–water partition coefficient (Wildman–Crippen LogP) is 2.55. The fourth-order valence-corrected chi connectivity index (χ4v) is 2.89. The minimum Gasteiger partial charge on any atom is -0.304 e. The average Bonchev–Trinajstić information content (AvgIpc) is 2.34. The molecular formula is C13H28N2S. The van der Waals surface area contributed by atoms with E-state index in [1.807, 2.05) is 11.8 Å². The normalized spacial score (nSPS) is 18.6. The van der Waals surface area contributed by atoms with Crippen LogP contribution in [0.15, 0.2) is 0 Å². The number of thioether (sulfide) groups is 1. The van der Waals surface area contributed by atoms with Gasteiger partial charge in [-0.1, -0.05) is 19.3 Å². The molecule has 0 aromatic rings. The van der Waals surface area contributed by atoms with Crippen LogP contribution in [0.4, 0.5) is 0 Å². The highest BCUT2D eigenvalue weighted by Gasteiger charge is 2.17. The summed E-state index contributed by atoms with van der Waals surface area (Å²) in [6, 6.07) is 0.864. The second kappa shape index (κ2) is 8.37. The lowest BCUT2D eigenvalue weighted by atomic mass is 9.94. The zero-order chi connectivity index (χ0) is 11.8. The fourth-order valence-electron chi connectivity index (χ4n) is 2.39. The number of hydrogen-bond donors (Lipinski definition) is 0. The Hall–Kier alpha value is 0.270. The first-order chi connectivity index (χ1) is 7.74. The molecule has 96 valence electrons. The van der Waals surface area contributed by atoms with Gasteiger partial charge in [0, 0.05) is 31.4 Å². The molecule has 0 N–H and O–H groups in total. The molecular weight excluding hydrogens is 216 g/mol. The number of rotatable bonds is 7. The van der Waals surface area contributed by atoms with Gasteiger partial charge in [0.05, 0.1) is 0 Å². The van der Waals surface area contributed by atoms with E-state index >= 15 is 0 Å². The number of nitrogens with zero attached hydrogens (tertiary/aromatic N) is 2. The standard InChI is InChI=1S/C13H28N2S/c1-14(11-12-16-3)9-10-15(2)13-7-5-4-6-8-13/h13H,4-12H2,1-3H3. The van der Waals surface area contributed by atoms with Crippen molar-refractivity contribution in [2.24, 2.45) is 0 Å². The Labute approximate surface area is 106 Å². The van der Waals surface area contributed by atoms with Crippen LogP contribution in [0.1, 0.15) is 32.1 Å². The summed E-state index contributed by atoms with van der Waals surface area (Å²) in [5.74, 6) is 1.25. The van der Waals surface area contributed by atoms with E-state index in [9.17, 15) is 0 Å². The van der Waals surface area contributed by atoms with Crippen molar-refractivity contribution in [2.75, 3.05) is 45.7 Å². The minimum absolute atomic E-state index is 0.864. The Morgan fingerprint density at radius 2 is 1.69 bits per heavy atom. The largest absolute Gasteiger partial charge is 0.304 e. The molecule has 0 aromatic heterocycles. The van der Waals surface area contributed by atoms with Crippen molar-refractivity contribution in [3.8, 4) is 0 Å². The van der Waals surface area contributed by atoms with Crippen LogP contribution in [0, 0.1) is 0 Å². The van der Waals surface area contributed by atoms with Gasteiger partial charge in [-0.25, -0.2) is 0 Å². The Bertz CT molecular complexity index is 169. The van der Waals surface area contributed by atoms with E-state index in [0.29, 0.717) is 0 Å². The Balaban J connectivity index is 2.10. The van der Waals surface area contributed by atoms with Gasteiger partial charge in [0.1, 0.15) is 0 Å². The maximum atomic E-state index is 2.58. The molecule has 0 aromatic carbocycles. The molecule has 1 saturated carbocycles. The first kappa shape index (κ1) is 14.3. The summed E-state index contributed by atoms with van der Waals surface area (Å²) in [5, 5.41) is 0. The van der Waals surface area contributed by atoms with E-state index in [0.717, 1.165) is 6.04 Å². The van der Waals surface area contributed by atoms with Gasteiger partial charge in [-0.3, -0.25) is 0 Å². The van der Waals surface area contributed by atoms with Crippen LogP contribution < -0.4 is 0 Å². The van der Waals surface area contributed by atoms with Gasteiger partial charge >= 0.3 is 0 Å². The molecule has 1 aliphatic carbocycles. The van der Waals surface area contributed by atoms with Crippen LogP contribution in [0.3, 0.4) is 0 Å². The molecule has 0 spiro atoms. The van der Waals surface area contributed by atoms with Crippen LogP contribution >= 0.6 is 11.8 Å². The van der Waals surface area contributed by atoms with Crippen LogP contribution in [0.25, 0.3) is 0 Å². The van der Waals surface area contributed by atoms with E-state index in [4.69, 9.17) is 0 Å². The Morgan fingerprint density at radius 1 is 1.00 bits per heavy atom. The molecule has 0 atom stereocenters. The minimum atomic E-state index is 0.864. The van der Waals surface area contributed by atoms with Gasteiger partial charge in [0.15, 0.2) is 0 Å². The first-order valence-electron chi connectivity index (χ1n) is 6.61. The Kier molecular flexibility index (Phi) is 7.50. The molecule has 0 aliphatic heterocycles. The molecule has 0 unspecified atom stereocenters. The van der Waals surface area contributed by atoms with Gasteiger partial charge in [0.2, 0.25) is 0 Å². The highest BCUT2D eigenvalue weighted by molar-refractivity contribution is 7.98. The third-order valence-electron chi connectivity index (χ3n) is 3.71. The maximum Gasteiger partial charge on any atom is 0.0109 e. The second-order valence-electron chi connectivity index (χ2n) is 5.07. The van der Waals surface area contributed by atoms with Gasteiger partial charge in [0.25, 0.3) is 0 Å². The molecule has 1 fully saturated rings. The molecule has 3 heteroatoms. The van der Waals surface area contributed by atoms with Crippen molar-refractivity contribution in [2.45, 2.75) is 38.1 Å². The van der Waals surface area contributed by atoms with E-state index in [2.05, 4.69) is 30.2 Å². The SMILES string of the molecule is CSCCN(C)CCN(C)C1CCCCC1. The average molecular weight is 244 g/mol. The molecule has 0 bridgehead atoms. The van der Waals surface area contributed by atoms with Crippen LogP contribution in [-0.2, 0) is 0 Å². The monoisotopic (exact) mass is 244 g/mol. The van der Waals surface area contributed by atoms with E-state index < -0.39 is 0 Å². The summed E-state index contributed by atoms with van der Waals surface area (Å²) in [4.78, 5) is 5.03. The summed E-state index contributed by atoms with van der Waals surface area (Å²) in [5.41, 5.74) is 0. The lowest BCUT2D eigenvalue weighted by Gasteiger charge is -2.32. The van der Waals surface area contributed by atoms with Crippen molar-refractivity contribution in [3.63, 3.8) is 0 Å². The van der Waals surface area contributed by atoms with Gasteiger partial charge < -0.3 is 9.80 Å². The molecule has 0 heterocycles. The summed E-state index contributed by atoms with van der Waals surface area (Å²) in [6.07, 6.45) is 9.37. The number of likely N-dealkylation sites (N-methyl/N-ethyl adjacent to an activating group) is 2. The summed E-state index contributed by atoms with van der Waals surface area (Å²) in [7, 11) is 4.54. The van der Waals surface area contributed by atoms with Gasteiger partial charge in [-0.05, 0) is 33.2 Å². The molecule has 0 saturated heterocycles. The summed E-state index contributed by atoms with van der Waals surface area (Å²) < 4.78 is 0. The van der Waals surface area contributed by atoms with Crippen molar-refractivity contribution in [1.29, 1.82) is 0 Å². The maximum absolute atomic E-state index is 2.58. The summed E-state index contributed by atoms with van der Waals surface area (Å²) >= 11 is 1.94. The van der Waals surface area contributed by atoms with Crippen molar-refractivity contribution in [3.05, 3.63) is 0 Å². The van der Waals surface area contributed by atoms with Crippen LogP contribution in [-0.4, -0.2) is 61.6 Å². The molecule has 0 radical (unpaired) electrons. The Morgan fingerprint density at radius 3 is 2.31 bits per heavy atom. The van der Waals surface area contributed by atoms with Crippen molar-refractivity contribution in [1.82, 2.24) is 9.80 Å². The molecule has 0 amide bonds. The highest BCUT2D eigenvalue weighted by atomic mass is 32.2. The van der Waals surface area contributed by atoms with Crippen LogP contribution in [0.5, 0.6) is 0 Å². The zero-order valence-electron chi connectivity index (χ0n) is 11.2. The van der Waals surface area contributed by atoms with E-state index in [-0.39, 0.29) is 0 Å². The zero-order valence-corrected chi connectivity index (χ0v) is 12.1. The van der Waals surface area contributed by atoms with E-state index in [1.165, 1.54) is 57.5 Å². The molecule has 16 heavy (non-hydrogen) atoms. The lowest BCUT2D eigenvalue weighted by molar-refractivity contribution is 0.172. The van der Waals surface area contributed by atoms with E-state index in [1.54, 1.807) is 0 Å². The quantitative estimate of drug-likeness (QED) is 0.679. The molecule has 1 rings (SSSR count). The lowest BCUT2D eigenvalue weighted by Crippen LogP contribution is -2.39. The topological polar surface area (TPSA) is 6.48 Å². The first-order valence-corrected chi connectivity index (χ1v) is 8.01. The second-order valence-corrected chi connectivity index (χ2v) is 6.05. The van der Waals surface area contributed by atoms with Crippen LogP contribution in [0.2, 0.25) is 0 Å². The van der Waals surface area contributed by atoms with Crippen molar-refractivity contribution < 1.29 is 0 Å². The smallest absolute Gasteiger partial charge is 0.0109 e. The third-order valence-corrected chi connectivity index (χ3v) is 4.30. The highest BCUT2D eigenvalue weighted by Crippen LogP contribution is 2.21. The molecule has 1 aliphatic rings. The van der Waals surface area contributed by atoms with Crippen molar-refractivity contribution >= 4 is 11.8 Å². The summed E-state index contributed by atoms with van der Waals surface area (Å²) in [6.45, 7) is 3.67. The van der Waals surface area contributed by atoms with Gasteiger partial charge in [-0.15, -0.1) is 0 Å². The van der Waals surface area contributed by atoms with Gasteiger partial charge in [-0.2, -0.15) is 11.8 Å². The third kappa shape index (κ3) is 5.55. The molecule has 2 nitrogen and oxygen atoms in total. The fraction of sp³-hybridized carbons (Fsp3) is 1.00. The predicted molar refractivity (Wildman–Crippen MR) is 75.4 cm³/mol. The number of hydrogen-bond acceptors (Lipinski definition) is 3.